The first kappa shape index (κ1) is 25.9. The molecular formula is C27H23FN4O7S. The van der Waals surface area contributed by atoms with Gasteiger partial charge in [-0.2, -0.15) is 0 Å². The number of hydrogen-bond acceptors (Lipinski definition) is 8. The molecule has 3 aromatic rings. The monoisotopic (exact) mass is 566 g/mol. The Morgan fingerprint density at radius 3 is 2.52 bits per heavy atom. The number of halogens is 1. The number of thioether (sulfide) groups is 1. The van der Waals surface area contributed by atoms with Gasteiger partial charge in [0.2, 0.25) is 11.3 Å². The maximum Gasteiger partial charge on any atom is 0.341 e. The van der Waals surface area contributed by atoms with Crippen LogP contribution in [0.2, 0.25) is 0 Å². The molecule has 3 fully saturated rings. The van der Waals surface area contributed by atoms with Crippen LogP contribution in [0.5, 0.6) is 0 Å². The van der Waals surface area contributed by atoms with E-state index in [1.165, 1.54) is 23.4 Å². The number of aromatic nitrogens is 1. The quantitative estimate of drug-likeness (QED) is 0.447. The molecule has 206 valence electrons. The first-order valence-electron chi connectivity index (χ1n) is 12.6. The lowest BCUT2D eigenvalue weighted by Crippen LogP contribution is -2.52. The van der Waals surface area contributed by atoms with E-state index >= 15 is 4.39 Å². The molecule has 0 spiro atoms. The molecule has 0 unspecified atom stereocenters. The number of carboxylic acid groups (broad SMARTS) is 1. The highest BCUT2D eigenvalue weighted by atomic mass is 32.2. The summed E-state index contributed by atoms with van der Waals surface area (Å²) in [5.74, 6) is -2.55. The van der Waals surface area contributed by atoms with E-state index in [0.29, 0.717) is 11.3 Å². The van der Waals surface area contributed by atoms with Crippen molar-refractivity contribution < 1.29 is 33.1 Å². The third kappa shape index (κ3) is 4.66. The molecule has 2 aromatic heterocycles. The number of hydrogen-bond donors (Lipinski definition) is 1. The van der Waals surface area contributed by atoms with Crippen molar-refractivity contribution in [2.24, 2.45) is 0 Å². The van der Waals surface area contributed by atoms with Crippen LogP contribution < -0.4 is 10.3 Å². The number of nitrogens with zero attached hydrogens (tertiary/aromatic N) is 4. The smallest absolute Gasteiger partial charge is 0.341 e. The summed E-state index contributed by atoms with van der Waals surface area (Å²) < 4.78 is 22.2. The Kier molecular flexibility index (Phi) is 6.45. The first-order chi connectivity index (χ1) is 19.2. The largest absolute Gasteiger partial charge is 0.477 e. The van der Waals surface area contributed by atoms with Crippen molar-refractivity contribution in [2.75, 3.05) is 37.6 Å². The number of carbonyl (C=O) groups excluding carboxylic acids is 3. The highest BCUT2D eigenvalue weighted by molar-refractivity contribution is 8.18. The lowest BCUT2D eigenvalue weighted by molar-refractivity contribution is -0.136. The second-order valence-electron chi connectivity index (χ2n) is 9.79. The minimum Gasteiger partial charge on any atom is -0.477 e. The lowest BCUT2D eigenvalue weighted by atomic mass is 10.1. The third-order valence-corrected chi connectivity index (χ3v) is 8.14. The Hall–Kier alpha value is -4.39. The zero-order valence-corrected chi connectivity index (χ0v) is 21.9. The molecule has 0 bridgehead atoms. The second kappa shape index (κ2) is 9.97. The van der Waals surface area contributed by atoms with Crippen molar-refractivity contribution in [3.63, 3.8) is 0 Å². The van der Waals surface area contributed by atoms with Gasteiger partial charge in [0.05, 0.1) is 22.4 Å². The molecule has 11 nitrogen and oxygen atoms in total. The number of piperazine rings is 1. The fourth-order valence-corrected chi connectivity index (χ4v) is 5.80. The molecule has 4 heterocycles. The maximum absolute atomic E-state index is 15.2. The summed E-state index contributed by atoms with van der Waals surface area (Å²) in [7, 11) is 0. The van der Waals surface area contributed by atoms with Crippen LogP contribution in [0, 0.1) is 5.82 Å². The number of imide groups is 1. The van der Waals surface area contributed by atoms with Gasteiger partial charge in [-0.15, -0.1) is 0 Å². The van der Waals surface area contributed by atoms with E-state index < -0.39 is 46.4 Å². The molecule has 0 radical (unpaired) electrons. The molecule has 1 aliphatic carbocycles. The van der Waals surface area contributed by atoms with Crippen LogP contribution >= 0.6 is 11.8 Å². The van der Waals surface area contributed by atoms with Gasteiger partial charge in [0.1, 0.15) is 23.7 Å². The number of pyridine rings is 1. The number of anilines is 1. The Labute approximate surface area is 230 Å². The normalized spacial score (nSPS) is 18.8. The van der Waals surface area contributed by atoms with E-state index in [0.717, 1.165) is 35.6 Å². The van der Waals surface area contributed by atoms with Crippen LogP contribution in [0.4, 0.5) is 14.9 Å². The van der Waals surface area contributed by atoms with Crippen LogP contribution in [0.25, 0.3) is 17.0 Å². The molecule has 1 aromatic carbocycles. The number of furan rings is 1. The molecule has 0 atom stereocenters. The Bertz CT molecular complexity index is 1650. The molecule has 13 heteroatoms. The molecule has 3 aliphatic rings. The number of carboxylic acids is 1. The third-order valence-electron chi connectivity index (χ3n) is 7.23. The molecule has 2 saturated heterocycles. The summed E-state index contributed by atoms with van der Waals surface area (Å²) in [6.45, 7) is 0.652. The van der Waals surface area contributed by atoms with Gasteiger partial charge in [-0.05, 0) is 48.9 Å². The highest BCUT2D eigenvalue weighted by Gasteiger charge is 2.38. The van der Waals surface area contributed by atoms with Crippen molar-refractivity contribution in [3.05, 3.63) is 69.0 Å². The van der Waals surface area contributed by atoms with E-state index in [1.807, 2.05) is 0 Å². The number of rotatable bonds is 6. The van der Waals surface area contributed by atoms with E-state index in [2.05, 4.69) is 0 Å². The van der Waals surface area contributed by atoms with Gasteiger partial charge in [-0.3, -0.25) is 24.1 Å². The van der Waals surface area contributed by atoms with Crippen LogP contribution in [0.15, 0.2) is 50.8 Å². The Morgan fingerprint density at radius 2 is 1.88 bits per heavy atom. The molecule has 2 aliphatic heterocycles. The lowest BCUT2D eigenvalue weighted by Gasteiger charge is -2.36. The van der Waals surface area contributed by atoms with Crippen LogP contribution in [-0.2, 0) is 9.59 Å². The fraction of sp³-hybridized carbons (Fsp3) is 0.296. The molecular weight excluding hydrogens is 543 g/mol. The predicted octanol–water partition coefficient (Wildman–Crippen LogP) is 3.15. The summed E-state index contributed by atoms with van der Waals surface area (Å²) >= 11 is 0.741. The number of benzene rings is 1. The van der Waals surface area contributed by atoms with Gasteiger partial charge < -0.3 is 23.9 Å². The summed E-state index contributed by atoms with van der Waals surface area (Å²) in [4.78, 5) is 66.7. The molecule has 3 amide bonds. The summed E-state index contributed by atoms with van der Waals surface area (Å²) in [6.07, 6.45) is 5.91. The standard InChI is InChI=1S/C27H23FN4O7S/c28-19-11-17-20(31(15-3-4-15)13-18(24(17)34)26(36)37)12-21(19)29-5-7-30(8-6-29)23(33)14-32-25(35)22(40-27(32)38)10-16-2-1-9-39-16/h1-2,9-13,15H,3-8,14H2,(H,36,37)/b22-10-. The summed E-state index contributed by atoms with van der Waals surface area (Å²) in [5, 5.41) is 8.91. The zero-order chi connectivity index (χ0) is 28.1. The summed E-state index contributed by atoms with van der Waals surface area (Å²) in [5.41, 5.74) is -0.401. The summed E-state index contributed by atoms with van der Waals surface area (Å²) in [6, 6.07) is 6.02. The number of fused-ring (bicyclic) bond motifs is 1. The molecule has 6 rings (SSSR count). The SMILES string of the molecule is O=C(O)c1cn(C2CC2)c2cc(N3CCN(C(=O)CN4C(=O)S/C(=C\c5ccco5)C4=O)CC3)c(F)cc2c1=O. The van der Waals surface area contributed by atoms with Crippen LogP contribution in [-0.4, -0.2) is 75.2 Å². The average Bonchev–Trinajstić information content (AvgIpc) is 3.59. The second-order valence-corrected chi connectivity index (χ2v) is 10.8. The zero-order valence-electron chi connectivity index (χ0n) is 21.0. The van der Waals surface area contributed by atoms with E-state index in [-0.39, 0.29) is 48.2 Å². The first-order valence-corrected chi connectivity index (χ1v) is 13.5. The van der Waals surface area contributed by atoms with Gasteiger partial charge in [-0.1, -0.05) is 0 Å². The van der Waals surface area contributed by atoms with Gasteiger partial charge in [-0.25, -0.2) is 9.18 Å². The number of aromatic carboxylic acids is 1. The van der Waals surface area contributed by atoms with E-state index in [9.17, 15) is 29.1 Å². The van der Waals surface area contributed by atoms with Gasteiger partial charge in [0, 0.05) is 49.9 Å². The van der Waals surface area contributed by atoms with Crippen molar-refractivity contribution in [1.82, 2.24) is 14.4 Å². The fourth-order valence-electron chi connectivity index (χ4n) is 4.98. The van der Waals surface area contributed by atoms with E-state index in [1.54, 1.807) is 27.7 Å². The van der Waals surface area contributed by atoms with E-state index in [4.69, 9.17) is 4.42 Å². The minimum absolute atomic E-state index is 0.0140. The molecule has 1 saturated carbocycles. The van der Waals surface area contributed by atoms with Crippen molar-refractivity contribution in [1.29, 1.82) is 0 Å². The highest BCUT2D eigenvalue weighted by Crippen LogP contribution is 2.38. The van der Waals surface area contributed by atoms with Gasteiger partial charge in [0.15, 0.2) is 0 Å². The van der Waals surface area contributed by atoms with Crippen molar-refractivity contribution in [3.8, 4) is 0 Å². The molecule has 40 heavy (non-hydrogen) atoms. The maximum atomic E-state index is 15.2. The molecule has 1 N–H and O–H groups in total. The number of carbonyl (C=O) groups is 4. The Balaban J connectivity index is 1.16. The predicted molar refractivity (Wildman–Crippen MR) is 144 cm³/mol. The Morgan fingerprint density at radius 1 is 1.12 bits per heavy atom. The average molecular weight is 567 g/mol. The van der Waals surface area contributed by atoms with Crippen molar-refractivity contribution in [2.45, 2.75) is 18.9 Å². The topological polar surface area (TPSA) is 133 Å². The van der Waals surface area contributed by atoms with Gasteiger partial charge >= 0.3 is 5.97 Å². The van der Waals surface area contributed by atoms with Crippen LogP contribution in [0.1, 0.15) is 35.0 Å². The van der Waals surface area contributed by atoms with Crippen LogP contribution in [0.3, 0.4) is 0 Å². The van der Waals surface area contributed by atoms with Crippen molar-refractivity contribution >= 4 is 57.5 Å². The number of amides is 3. The minimum atomic E-state index is -1.35. The van der Waals surface area contributed by atoms with Gasteiger partial charge in [0.25, 0.3) is 11.1 Å².